The molecule has 0 aliphatic carbocycles. The van der Waals surface area contributed by atoms with Crippen LogP contribution >= 0.6 is 11.8 Å². The van der Waals surface area contributed by atoms with Gasteiger partial charge in [0.1, 0.15) is 0 Å². The lowest BCUT2D eigenvalue weighted by atomic mass is 10.2. The fraction of sp³-hybridized carbons (Fsp3) is 0.533. The Hall–Kier alpha value is -1.44. The third-order valence-electron chi connectivity index (χ3n) is 4.02. The van der Waals surface area contributed by atoms with Crippen LogP contribution in [-0.4, -0.2) is 50.4 Å². The Morgan fingerprint density at radius 2 is 2.23 bits per heavy atom. The van der Waals surface area contributed by atoms with Crippen molar-refractivity contribution in [3.63, 3.8) is 0 Å². The predicted molar refractivity (Wildman–Crippen MR) is 87.5 cm³/mol. The van der Waals surface area contributed by atoms with Gasteiger partial charge in [-0.15, -0.1) is 22.0 Å². The van der Waals surface area contributed by atoms with Crippen molar-refractivity contribution in [2.75, 3.05) is 18.8 Å². The molecule has 7 heteroatoms. The zero-order valence-electron chi connectivity index (χ0n) is 12.6. The average Bonchev–Trinajstić information content (AvgIpc) is 3.22. The Balaban J connectivity index is 1.43. The van der Waals surface area contributed by atoms with Crippen molar-refractivity contribution in [3.05, 3.63) is 36.2 Å². The summed E-state index contributed by atoms with van der Waals surface area (Å²) in [5, 5.41) is 14.5. The number of nitrogens with one attached hydrogen (secondary N) is 1. The van der Waals surface area contributed by atoms with E-state index in [0.717, 1.165) is 37.5 Å². The van der Waals surface area contributed by atoms with E-state index in [9.17, 15) is 0 Å². The molecule has 2 atom stereocenters. The summed E-state index contributed by atoms with van der Waals surface area (Å²) in [6.07, 6.45) is 3.29. The molecule has 0 bridgehead atoms. The molecule has 1 saturated heterocycles. The first kappa shape index (κ1) is 15.5. The molecule has 1 aliphatic rings. The van der Waals surface area contributed by atoms with E-state index in [0.29, 0.717) is 6.04 Å². The van der Waals surface area contributed by atoms with Crippen molar-refractivity contribution < 1.29 is 0 Å². The van der Waals surface area contributed by atoms with Crippen LogP contribution < -0.4 is 5.73 Å². The van der Waals surface area contributed by atoms with Crippen molar-refractivity contribution >= 4 is 11.8 Å². The van der Waals surface area contributed by atoms with Gasteiger partial charge >= 0.3 is 0 Å². The quantitative estimate of drug-likeness (QED) is 0.758. The number of hydrogen-bond acceptors (Lipinski definition) is 6. The molecular weight excluding hydrogens is 296 g/mol. The van der Waals surface area contributed by atoms with Gasteiger partial charge in [-0.3, -0.25) is 4.90 Å². The van der Waals surface area contributed by atoms with Crippen LogP contribution in [0.25, 0.3) is 0 Å². The molecular formula is C15H22N6S. The third kappa shape index (κ3) is 4.06. The molecule has 0 saturated carbocycles. The maximum atomic E-state index is 6.27. The highest BCUT2D eigenvalue weighted by molar-refractivity contribution is 7.99. The number of nitrogens with two attached hydrogens (primary N) is 1. The number of nitrogens with zero attached hydrogens (tertiary/aromatic N) is 4. The zero-order chi connectivity index (χ0) is 15.2. The Bertz CT molecular complexity index is 546. The molecule has 1 aromatic carbocycles. The van der Waals surface area contributed by atoms with Gasteiger partial charge in [-0.1, -0.05) is 23.4 Å². The van der Waals surface area contributed by atoms with Crippen molar-refractivity contribution in [1.82, 2.24) is 25.5 Å². The molecule has 118 valence electrons. The second kappa shape index (κ2) is 7.71. The summed E-state index contributed by atoms with van der Waals surface area (Å²) in [6.45, 7) is 2.09. The second-order valence-electron chi connectivity index (χ2n) is 5.64. The smallest absolute Gasteiger partial charge is 0.191 e. The van der Waals surface area contributed by atoms with E-state index < -0.39 is 0 Å². The average molecular weight is 318 g/mol. The Labute approximate surface area is 134 Å². The minimum atomic E-state index is 0.205. The highest BCUT2D eigenvalue weighted by Crippen LogP contribution is 2.29. The maximum absolute atomic E-state index is 6.27. The van der Waals surface area contributed by atoms with Crippen LogP contribution in [0.4, 0.5) is 0 Å². The van der Waals surface area contributed by atoms with Crippen molar-refractivity contribution in [1.29, 1.82) is 0 Å². The lowest BCUT2D eigenvalue weighted by Gasteiger charge is -2.23. The number of likely N-dealkylation sites (tertiary alicyclic amines) is 1. The first-order chi connectivity index (χ1) is 10.8. The Kier molecular flexibility index (Phi) is 5.42. The van der Waals surface area contributed by atoms with Crippen LogP contribution in [0, 0.1) is 0 Å². The molecule has 6 nitrogen and oxygen atoms in total. The van der Waals surface area contributed by atoms with Gasteiger partial charge in [-0.2, -0.15) is 5.21 Å². The molecule has 0 radical (unpaired) electrons. The van der Waals surface area contributed by atoms with Crippen LogP contribution in [-0.2, 0) is 0 Å². The lowest BCUT2D eigenvalue weighted by Crippen LogP contribution is -2.32. The molecule has 2 aromatic rings. The number of aromatic nitrogens is 4. The van der Waals surface area contributed by atoms with E-state index in [1.807, 2.05) is 17.8 Å². The van der Waals surface area contributed by atoms with E-state index in [4.69, 9.17) is 5.73 Å². The minimum Gasteiger partial charge on any atom is -0.327 e. The van der Waals surface area contributed by atoms with Crippen LogP contribution in [0.3, 0.4) is 0 Å². The summed E-state index contributed by atoms with van der Waals surface area (Å²) < 4.78 is 0. The molecule has 0 amide bonds. The zero-order valence-corrected chi connectivity index (χ0v) is 13.4. The predicted octanol–water partition coefficient (Wildman–Crippen LogP) is 1.85. The Morgan fingerprint density at radius 3 is 3.00 bits per heavy atom. The van der Waals surface area contributed by atoms with E-state index in [1.165, 1.54) is 11.3 Å². The number of tetrazole rings is 1. The largest absolute Gasteiger partial charge is 0.327 e. The van der Waals surface area contributed by atoms with Gasteiger partial charge < -0.3 is 5.73 Å². The number of thioether (sulfide) groups is 1. The monoisotopic (exact) mass is 318 g/mol. The first-order valence-electron chi connectivity index (χ1n) is 7.74. The molecule has 2 heterocycles. The summed E-state index contributed by atoms with van der Waals surface area (Å²) in [5.74, 6) is 1.76. The molecule has 1 unspecified atom stereocenters. The van der Waals surface area contributed by atoms with Crippen LogP contribution in [0.5, 0.6) is 0 Å². The minimum absolute atomic E-state index is 0.205. The van der Waals surface area contributed by atoms with Crippen LogP contribution in [0.15, 0.2) is 35.2 Å². The third-order valence-corrected chi connectivity index (χ3v) is 5.22. The fourth-order valence-electron chi connectivity index (χ4n) is 2.83. The SMILES string of the molecule is N[C@H](CCN1CCCC1c1nn[nH]n1)CSc1ccccc1. The van der Waals surface area contributed by atoms with Gasteiger partial charge in [0.05, 0.1) is 6.04 Å². The number of H-pyrrole nitrogens is 1. The summed E-state index contributed by atoms with van der Waals surface area (Å²) in [4.78, 5) is 3.71. The lowest BCUT2D eigenvalue weighted by molar-refractivity contribution is 0.241. The highest BCUT2D eigenvalue weighted by atomic mass is 32.2. The summed E-state index contributed by atoms with van der Waals surface area (Å²) in [5.41, 5.74) is 6.27. The fourth-order valence-corrected chi connectivity index (χ4v) is 3.75. The topological polar surface area (TPSA) is 83.7 Å². The van der Waals surface area contributed by atoms with E-state index >= 15 is 0 Å². The van der Waals surface area contributed by atoms with Crippen LogP contribution in [0.2, 0.25) is 0 Å². The molecule has 0 spiro atoms. The standard InChI is InChI=1S/C15H22N6S/c16-12(11-22-13-5-2-1-3-6-13)8-10-21-9-4-7-14(21)15-17-19-20-18-15/h1-3,5-6,12,14H,4,7-11,16H2,(H,17,18,19,20)/t12-,14?/m1/s1. The van der Waals surface area contributed by atoms with Gasteiger partial charge in [-0.25, -0.2) is 0 Å². The number of rotatable bonds is 7. The van der Waals surface area contributed by atoms with E-state index in [-0.39, 0.29) is 6.04 Å². The van der Waals surface area contributed by atoms with Crippen molar-refractivity contribution in [3.8, 4) is 0 Å². The number of aromatic amines is 1. The Morgan fingerprint density at radius 1 is 1.36 bits per heavy atom. The van der Waals surface area contributed by atoms with Gasteiger partial charge in [0, 0.05) is 23.2 Å². The van der Waals surface area contributed by atoms with E-state index in [2.05, 4.69) is 49.8 Å². The molecule has 1 fully saturated rings. The molecule has 1 aliphatic heterocycles. The molecule has 3 rings (SSSR count). The number of hydrogen-bond donors (Lipinski definition) is 2. The number of benzene rings is 1. The van der Waals surface area contributed by atoms with Gasteiger partial charge in [-0.05, 0) is 37.9 Å². The van der Waals surface area contributed by atoms with Crippen molar-refractivity contribution in [2.45, 2.75) is 36.2 Å². The summed E-state index contributed by atoms with van der Waals surface area (Å²) >= 11 is 1.83. The normalized spacial score (nSPS) is 20.3. The molecule has 22 heavy (non-hydrogen) atoms. The maximum Gasteiger partial charge on any atom is 0.191 e. The summed E-state index contributed by atoms with van der Waals surface area (Å²) in [7, 11) is 0. The van der Waals surface area contributed by atoms with Gasteiger partial charge in [0.2, 0.25) is 0 Å². The highest BCUT2D eigenvalue weighted by Gasteiger charge is 2.28. The summed E-state index contributed by atoms with van der Waals surface area (Å²) in [6, 6.07) is 10.9. The first-order valence-corrected chi connectivity index (χ1v) is 8.72. The van der Waals surface area contributed by atoms with Crippen LogP contribution in [0.1, 0.15) is 31.1 Å². The second-order valence-corrected chi connectivity index (χ2v) is 6.73. The molecule has 1 aromatic heterocycles. The van der Waals surface area contributed by atoms with Crippen molar-refractivity contribution in [2.24, 2.45) is 5.73 Å². The van der Waals surface area contributed by atoms with E-state index in [1.54, 1.807) is 0 Å². The van der Waals surface area contributed by atoms with Gasteiger partial charge in [0.25, 0.3) is 0 Å². The molecule has 3 N–H and O–H groups in total. The van der Waals surface area contributed by atoms with Gasteiger partial charge in [0.15, 0.2) is 5.82 Å².